The number of hydrogen-bond donors (Lipinski definition) is 1. The Morgan fingerprint density at radius 3 is 2.46 bits per heavy atom. The molecule has 2 aromatic rings. The summed E-state index contributed by atoms with van der Waals surface area (Å²) >= 11 is 3.58. The van der Waals surface area contributed by atoms with Crippen LogP contribution in [0, 0.1) is 5.82 Å². The van der Waals surface area contributed by atoms with Crippen molar-refractivity contribution in [1.82, 2.24) is 10.2 Å². The summed E-state index contributed by atoms with van der Waals surface area (Å²) in [7, 11) is 4.11. The zero-order valence-corrected chi connectivity index (χ0v) is 17.1. The van der Waals surface area contributed by atoms with Gasteiger partial charge in [0, 0.05) is 19.6 Å². The third-order valence-electron chi connectivity index (χ3n) is 3.73. The fraction of sp³-hybridized carbons (Fsp3) is 0.400. The lowest BCUT2D eigenvalue weighted by Gasteiger charge is -2.16. The zero-order valence-electron chi connectivity index (χ0n) is 15.5. The molecule has 1 N–H and O–H groups in total. The van der Waals surface area contributed by atoms with E-state index in [1.54, 1.807) is 12.1 Å². The molecule has 0 unspecified atom stereocenters. The second-order valence-corrected chi connectivity index (χ2v) is 7.09. The van der Waals surface area contributed by atoms with Crippen LogP contribution in [0.25, 0.3) is 0 Å². The summed E-state index contributed by atoms with van der Waals surface area (Å²) in [5, 5.41) is 3.42. The topological polar surface area (TPSA) is 33.7 Å². The van der Waals surface area contributed by atoms with Gasteiger partial charge in [0.05, 0.1) is 11.1 Å². The number of benzene rings is 2. The molecular weight excluding hydrogens is 399 g/mol. The highest BCUT2D eigenvalue weighted by Gasteiger charge is 2.13. The number of likely N-dealkylation sites (N-methyl/N-ethyl adjacent to an activating group) is 1. The average Bonchev–Trinajstić information content (AvgIpc) is 2.59. The van der Waals surface area contributed by atoms with Gasteiger partial charge in [-0.1, -0.05) is 12.1 Å². The molecule has 142 valence electrons. The lowest BCUT2D eigenvalue weighted by Crippen LogP contribution is -2.26. The van der Waals surface area contributed by atoms with Crippen LogP contribution in [0.3, 0.4) is 0 Å². The average molecular weight is 425 g/mol. The van der Waals surface area contributed by atoms with E-state index in [-0.39, 0.29) is 5.82 Å². The Labute approximate surface area is 163 Å². The third kappa shape index (κ3) is 6.59. The number of ether oxygens (including phenoxy) is 2. The van der Waals surface area contributed by atoms with Gasteiger partial charge in [-0.2, -0.15) is 0 Å². The summed E-state index contributed by atoms with van der Waals surface area (Å²) in [6.45, 7) is 5.50. The van der Waals surface area contributed by atoms with Gasteiger partial charge >= 0.3 is 0 Å². The molecule has 0 fully saturated rings. The second-order valence-electron chi connectivity index (χ2n) is 6.23. The van der Waals surface area contributed by atoms with Gasteiger partial charge in [-0.3, -0.25) is 0 Å². The molecule has 0 bridgehead atoms. The Bertz CT molecular complexity index is 693. The molecule has 0 saturated carbocycles. The van der Waals surface area contributed by atoms with Gasteiger partial charge in [0.15, 0.2) is 11.5 Å². The maximum Gasteiger partial charge on any atom is 0.175 e. The van der Waals surface area contributed by atoms with Crippen LogP contribution < -0.4 is 14.8 Å². The second kappa shape index (κ2) is 10.5. The molecule has 0 spiro atoms. The number of halogens is 2. The van der Waals surface area contributed by atoms with Crippen molar-refractivity contribution in [2.24, 2.45) is 0 Å². The smallest absolute Gasteiger partial charge is 0.175 e. The van der Waals surface area contributed by atoms with Crippen LogP contribution in [0.1, 0.15) is 18.1 Å². The number of nitrogens with one attached hydrogen (secondary N) is 1. The maximum atomic E-state index is 13.0. The van der Waals surface area contributed by atoms with E-state index in [9.17, 15) is 4.39 Å². The molecule has 0 aliphatic carbocycles. The van der Waals surface area contributed by atoms with Crippen LogP contribution in [0.4, 0.5) is 4.39 Å². The van der Waals surface area contributed by atoms with E-state index in [1.165, 1.54) is 12.1 Å². The van der Waals surface area contributed by atoms with Crippen LogP contribution in [0.5, 0.6) is 11.5 Å². The van der Waals surface area contributed by atoms with Crippen LogP contribution in [-0.4, -0.2) is 38.7 Å². The highest BCUT2D eigenvalue weighted by molar-refractivity contribution is 9.10. The highest BCUT2D eigenvalue weighted by Crippen LogP contribution is 2.37. The minimum atomic E-state index is -0.254. The molecule has 6 heteroatoms. The minimum Gasteiger partial charge on any atom is -0.490 e. The van der Waals surface area contributed by atoms with E-state index in [2.05, 4.69) is 40.2 Å². The third-order valence-corrected chi connectivity index (χ3v) is 4.32. The molecule has 0 atom stereocenters. The molecule has 0 aromatic heterocycles. The normalized spacial score (nSPS) is 11.0. The predicted octanol–water partition coefficient (Wildman–Crippen LogP) is 4.22. The number of nitrogens with zero attached hydrogens (tertiary/aromatic N) is 1. The Kier molecular flexibility index (Phi) is 8.35. The molecule has 4 nitrogen and oxygen atoms in total. The van der Waals surface area contributed by atoms with E-state index in [0.29, 0.717) is 24.7 Å². The SMILES string of the molecule is CCOc1cc(CNCCN(C)C)cc(Br)c1OCc1ccc(F)cc1. The molecule has 2 rings (SSSR count). The summed E-state index contributed by atoms with van der Waals surface area (Å²) in [6, 6.07) is 10.3. The van der Waals surface area contributed by atoms with E-state index in [4.69, 9.17) is 9.47 Å². The van der Waals surface area contributed by atoms with Crippen molar-refractivity contribution >= 4 is 15.9 Å². The summed E-state index contributed by atoms with van der Waals surface area (Å²) in [5.41, 5.74) is 2.02. The first-order chi connectivity index (χ1) is 12.5. The Hall–Kier alpha value is -1.63. The summed E-state index contributed by atoms with van der Waals surface area (Å²) < 4.78 is 25.6. The van der Waals surface area contributed by atoms with Crippen molar-refractivity contribution < 1.29 is 13.9 Å². The fourth-order valence-electron chi connectivity index (χ4n) is 2.40. The zero-order chi connectivity index (χ0) is 18.9. The Morgan fingerprint density at radius 1 is 1.08 bits per heavy atom. The first-order valence-electron chi connectivity index (χ1n) is 8.67. The van der Waals surface area contributed by atoms with E-state index >= 15 is 0 Å². The molecule has 0 saturated heterocycles. The Morgan fingerprint density at radius 2 is 1.81 bits per heavy atom. The molecule has 0 radical (unpaired) electrons. The van der Waals surface area contributed by atoms with Crippen LogP contribution in [-0.2, 0) is 13.2 Å². The van der Waals surface area contributed by atoms with Crippen LogP contribution in [0.15, 0.2) is 40.9 Å². The number of hydrogen-bond acceptors (Lipinski definition) is 4. The molecule has 26 heavy (non-hydrogen) atoms. The molecular formula is C20H26BrFN2O2. The van der Waals surface area contributed by atoms with Gasteiger partial charge in [-0.05, 0) is 72.3 Å². The van der Waals surface area contributed by atoms with Gasteiger partial charge in [0.2, 0.25) is 0 Å². The van der Waals surface area contributed by atoms with E-state index in [0.717, 1.165) is 35.2 Å². The fourth-order valence-corrected chi connectivity index (χ4v) is 3.00. The van der Waals surface area contributed by atoms with Crippen molar-refractivity contribution in [2.75, 3.05) is 33.8 Å². The van der Waals surface area contributed by atoms with E-state index < -0.39 is 0 Å². The van der Waals surface area contributed by atoms with Crippen molar-refractivity contribution in [2.45, 2.75) is 20.1 Å². The molecule has 2 aromatic carbocycles. The van der Waals surface area contributed by atoms with Crippen LogP contribution in [0.2, 0.25) is 0 Å². The predicted molar refractivity (Wildman–Crippen MR) is 106 cm³/mol. The summed E-state index contributed by atoms with van der Waals surface area (Å²) in [4.78, 5) is 2.14. The van der Waals surface area contributed by atoms with Crippen LogP contribution >= 0.6 is 15.9 Å². The maximum absolute atomic E-state index is 13.0. The molecule has 0 amide bonds. The van der Waals surface area contributed by atoms with Gasteiger partial charge < -0.3 is 19.7 Å². The first-order valence-corrected chi connectivity index (χ1v) is 9.46. The van der Waals surface area contributed by atoms with Crippen molar-refractivity contribution in [3.63, 3.8) is 0 Å². The lowest BCUT2D eigenvalue weighted by atomic mass is 10.2. The van der Waals surface area contributed by atoms with Gasteiger partial charge in [0.25, 0.3) is 0 Å². The largest absolute Gasteiger partial charge is 0.490 e. The number of rotatable bonds is 10. The van der Waals surface area contributed by atoms with Crippen molar-refractivity contribution in [3.05, 3.63) is 57.8 Å². The molecule has 0 heterocycles. The van der Waals surface area contributed by atoms with Gasteiger partial charge in [-0.15, -0.1) is 0 Å². The van der Waals surface area contributed by atoms with E-state index in [1.807, 2.05) is 19.1 Å². The summed E-state index contributed by atoms with van der Waals surface area (Å²) in [6.07, 6.45) is 0. The van der Waals surface area contributed by atoms with Crippen molar-refractivity contribution in [3.8, 4) is 11.5 Å². The summed E-state index contributed by atoms with van der Waals surface area (Å²) in [5.74, 6) is 1.11. The van der Waals surface area contributed by atoms with Gasteiger partial charge in [-0.25, -0.2) is 4.39 Å². The monoisotopic (exact) mass is 424 g/mol. The Balaban J connectivity index is 2.05. The van der Waals surface area contributed by atoms with Gasteiger partial charge in [0.1, 0.15) is 12.4 Å². The quantitative estimate of drug-likeness (QED) is 0.578. The highest BCUT2D eigenvalue weighted by atomic mass is 79.9. The van der Waals surface area contributed by atoms with Crippen molar-refractivity contribution in [1.29, 1.82) is 0 Å². The minimum absolute atomic E-state index is 0.254. The first kappa shape index (κ1) is 20.7. The standard InChI is InChI=1S/C20H26BrFN2O2/c1-4-25-19-12-16(13-23-9-10-24(2)3)11-18(21)20(19)26-14-15-5-7-17(22)8-6-15/h5-8,11-12,23H,4,9-10,13-14H2,1-3H3. The molecule has 0 aliphatic heterocycles. The molecule has 0 aliphatic rings. The lowest BCUT2D eigenvalue weighted by molar-refractivity contribution is 0.267.